The molecule has 1 aromatic rings. The summed E-state index contributed by atoms with van der Waals surface area (Å²) in [7, 11) is 0. The van der Waals surface area contributed by atoms with E-state index in [1.807, 2.05) is 12.1 Å². The molecule has 0 spiro atoms. The van der Waals surface area contributed by atoms with Crippen molar-refractivity contribution in [3.63, 3.8) is 0 Å². The molecule has 16 heavy (non-hydrogen) atoms. The Kier molecular flexibility index (Phi) is 5.81. The van der Waals surface area contributed by atoms with Crippen LogP contribution in [0.2, 0.25) is 5.02 Å². The van der Waals surface area contributed by atoms with E-state index in [1.54, 1.807) is 0 Å². The molecule has 0 radical (unpaired) electrons. The van der Waals surface area contributed by atoms with E-state index in [4.69, 9.17) is 11.6 Å². The van der Waals surface area contributed by atoms with Gasteiger partial charge in [-0.05, 0) is 30.2 Å². The Morgan fingerprint density at radius 2 is 2.06 bits per heavy atom. The largest absolute Gasteiger partial charge is 0.310 e. The molecule has 0 saturated heterocycles. The summed E-state index contributed by atoms with van der Waals surface area (Å²) in [5.74, 6) is 0.609. The van der Waals surface area contributed by atoms with Crippen LogP contribution in [0.1, 0.15) is 38.8 Å². The van der Waals surface area contributed by atoms with E-state index in [0.717, 1.165) is 22.5 Å². The average molecular weight is 305 g/mol. The summed E-state index contributed by atoms with van der Waals surface area (Å²) in [5, 5.41) is 4.31. The van der Waals surface area contributed by atoms with Gasteiger partial charge in [-0.2, -0.15) is 0 Å². The molecule has 0 saturated carbocycles. The van der Waals surface area contributed by atoms with Crippen LogP contribution in [0.3, 0.4) is 0 Å². The number of hydrogen-bond donors (Lipinski definition) is 1. The Morgan fingerprint density at radius 1 is 1.38 bits per heavy atom. The zero-order valence-electron chi connectivity index (χ0n) is 10.1. The average Bonchev–Trinajstić information content (AvgIpc) is 2.26. The van der Waals surface area contributed by atoms with Crippen LogP contribution in [-0.2, 0) is 0 Å². The third kappa shape index (κ3) is 3.47. The molecule has 0 amide bonds. The van der Waals surface area contributed by atoms with Gasteiger partial charge in [-0.3, -0.25) is 0 Å². The van der Waals surface area contributed by atoms with Crippen molar-refractivity contribution < 1.29 is 0 Å². The minimum absolute atomic E-state index is 0.390. The van der Waals surface area contributed by atoms with E-state index in [-0.39, 0.29) is 0 Å². The molecule has 0 heterocycles. The topological polar surface area (TPSA) is 12.0 Å². The fraction of sp³-hybridized carbons (Fsp3) is 0.538. The van der Waals surface area contributed by atoms with E-state index >= 15 is 0 Å². The summed E-state index contributed by atoms with van der Waals surface area (Å²) in [4.78, 5) is 0. The summed E-state index contributed by atoms with van der Waals surface area (Å²) in [5.41, 5.74) is 1.29. The Hall–Kier alpha value is -0.0500. The van der Waals surface area contributed by atoms with E-state index in [9.17, 15) is 0 Å². The smallest absolute Gasteiger partial charge is 0.0417 e. The van der Waals surface area contributed by atoms with E-state index in [0.29, 0.717) is 12.0 Å². The van der Waals surface area contributed by atoms with Crippen molar-refractivity contribution in [3.05, 3.63) is 33.3 Å². The summed E-state index contributed by atoms with van der Waals surface area (Å²) in [6.45, 7) is 7.61. The van der Waals surface area contributed by atoms with Crippen molar-refractivity contribution in [2.75, 3.05) is 6.54 Å². The summed E-state index contributed by atoms with van der Waals surface area (Å²) < 4.78 is 1.09. The third-order valence-electron chi connectivity index (χ3n) is 2.93. The molecule has 0 aliphatic carbocycles. The Bertz CT molecular complexity index is 341. The molecular formula is C13H19BrClN. The van der Waals surface area contributed by atoms with Gasteiger partial charge in [0.2, 0.25) is 0 Å². The predicted molar refractivity (Wildman–Crippen MR) is 75.0 cm³/mol. The molecule has 1 aromatic carbocycles. The number of benzene rings is 1. The molecule has 1 N–H and O–H groups in total. The van der Waals surface area contributed by atoms with Crippen LogP contribution in [0, 0.1) is 5.92 Å². The molecule has 3 heteroatoms. The van der Waals surface area contributed by atoms with Gasteiger partial charge < -0.3 is 5.32 Å². The normalized spacial score (nSPS) is 14.8. The lowest BCUT2D eigenvalue weighted by Gasteiger charge is -2.25. The maximum atomic E-state index is 5.96. The van der Waals surface area contributed by atoms with Crippen molar-refractivity contribution in [2.45, 2.75) is 33.2 Å². The number of halogens is 2. The molecule has 1 rings (SSSR count). The molecule has 0 bridgehead atoms. The van der Waals surface area contributed by atoms with E-state index in [1.165, 1.54) is 5.56 Å². The molecule has 2 unspecified atom stereocenters. The van der Waals surface area contributed by atoms with Crippen LogP contribution in [-0.4, -0.2) is 6.54 Å². The summed E-state index contributed by atoms with van der Waals surface area (Å²) in [6, 6.07) is 6.41. The van der Waals surface area contributed by atoms with Gasteiger partial charge in [-0.1, -0.05) is 60.8 Å². The lowest BCUT2D eigenvalue weighted by atomic mass is 9.92. The number of hydrogen-bond acceptors (Lipinski definition) is 1. The first-order chi connectivity index (χ1) is 7.60. The highest BCUT2D eigenvalue weighted by atomic mass is 79.9. The second-order valence-corrected chi connectivity index (χ2v) is 5.38. The zero-order valence-corrected chi connectivity index (χ0v) is 12.4. The van der Waals surface area contributed by atoms with Gasteiger partial charge in [0.15, 0.2) is 0 Å². The standard InChI is InChI=1S/C13H19BrClN/c1-4-9(3)13(16-5-2)11-7-6-10(15)8-12(11)14/h6-9,13,16H,4-5H2,1-3H3. The highest BCUT2D eigenvalue weighted by Gasteiger charge is 2.19. The highest BCUT2D eigenvalue weighted by molar-refractivity contribution is 9.10. The molecule has 0 aliphatic rings. The Balaban J connectivity index is 3.00. The first-order valence-corrected chi connectivity index (χ1v) is 6.95. The number of rotatable bonds is 5. The van der Waals surface area contributed by atoms with Crippen molar-refractivity contribution in [1.82, 2.24) is 5.32 Å². The van der Waals surface area contributed by atoms with E-state index < -0.39 is 0 Å². The fourth-order valence-corrected chi connectivity index (χ4v) is 2.76. The van der Waals surface area contributed by atoms with Crippen LogP contribution >= 0.6 is 27.5 Å². The van der Waals surface area contributed by atoms with Gasteiger partial charge in [0.1, 0.15) is 0 Å². The lowest BCUT2D eigenvalue weighted by molar-refractivity contribution is 0.383. The van der Waals surface area contributed by atoms with Crippen LogP contribution in [0.15, 0.2) is 22.7 Å². The SMILES string of the molecule is CCNC(c1ccc(Cl)cc1Br)C(C)CC. The van der Waals surface area contributed by atoms with Crippen LogP contribution in [0.25, 0.3) is 0 Å². The number of nitrogens with one attached hydrogen (secondary N) is 1. The molecule has 0 aromatic heterocycles. The second kappa shape index (κ2) is 6.63. The molecule has 0 fully saturated rings. The maximum absolute atomic E-state index is 5.96. The van der Waals surface area contributed by atoms with Gasteiger partial charge in [0.25, 0.3) is 0 Å². The van der Waals surface area contributed by atoms with Crippen LogP contribution in [0.5, 0.6) is 0 Å². The minimum atomic E-state index is 0.390. The predicted octanol–water partition coefficient (Wildman–Crippen LogP) is 4.80. The fourth-order valence-electron chi connectivity index (χ4n) is 1.83. The van der Waals surface area contributed by atoms with Crippen molar-refractivity contribution >= 4 is 27.5 Å². The van der Waals surface area contributed by atoms with Gasteiger partial charge in [-0.25, -0.2) is 0 Å². The minimum Gasteiger partial charge on any atom is -0.310 e. The summed E-state index contributed by atoms with van der Waals surface area (Å²) >= 11 is 9.55. The molecule has 0 aliphatic heterocycles. The molecular weight excluding hydrogens is 286 g/mol. The van der Waals surface area contributed by atoms with Gasteiger partial charge in [0, 0.05) is 15.5 Å². The highest BCUT2D eigenvalue weighted by Crippen LogP contribution is 2.31. The Labute approximate surface area is 112 Å². The quantitative estimate of drug-likeness (QED) is 0.824. The van der Waals surface area contributed by atoms with Gasteiger partial charge in [0.05, 0.1) is 0 Å². The second-order valence-electron chi connectivity index (χ2n) is 4.09. The van der Waals surface area contributed by atoms with Crippen molar-refractivity contribution in [2.24, 2.45) is 5.92 Å². The van der Waals surface area contributed by atoms with Crippen molar-refractivity contribution in [1.29, 1.82) is 0 Å². The monoisotopic (exact) mass is 303 g/mol. The molecule has 2 atom stereocenters. The molecule has 1 nitrogen and oxygen atoms in total. The maximum Gasteiger partial charge on any atom is 0.0417 e. The summed E-state index contributed by atoms with van der Waals surface area (Å²) in [6.07, 6.45) is 1.16. The van der Waals surface area contributed by atoms with E-state index in [2.05, 4.69) is 48.1 Å². The van der Waals surface area contributed by atoms with Gasteiger partial charge in [-0.15, -0.1) is 0 Å². The molecule has 90 valence electrons. The first kappa shape index (κ1) is 14.0. The zero-order chi connectivity index (χ0) is 12.1. The first-order valence-electron chi connectivity index (χ1n) is 5.78. The van der Waals surface area contributed by atoms with Gasteiger partial charge >= 0.3 is 0 Å². The third-order valence-corrected chi connectivity index (χ3v) is 3.86. The van der Waals surface area contributed by atoms with Crippen LogP contribution in [0.4, 0.5) is 0 Å². The van der Waals surface area contributed by atoms with Crippen molar-refractivity contribution in [3.8, 4) is 0 Å². The van der Waals surface area contributed by atoms with Crippen LogP contribution < -0.4 is 5.32 Å². The Morgan fingerprint density at radius 3 is 2.56 bits per heavy atom. The lowest BCUT2D eigenvalue weighted by Crippen LogP contribution is -2.26.